The first-order chi connectivity index (χ1) is 18.7. The van der Waals surface area contributed by atoms with Gasteiger partial charge in [-0.15, -0.1) is 23.2 Å². The first-order valence-electron chi connectivity index (χ1n) is 12.1. The second-order valence-corrected chi connectivity index (χ2v) is 11.0. The van der Waals surface area contributed by atoms with E-state index in [0.717, 1.165) is 22.3 Å². The molecule has 9 nitrogen and oxygen atoms in total. The summed E-state index contributed by atoms with van der Waals surface area (Å²) in [6.07, 6.45) is -0.945. The predicted molar refractivity (Wildman–Crippen MR) is 155 cm³/mol. The van der Waals surface area contributed by atoms with Gasteiger partial charge in [-0.25, -0.2) is 9.59 Å². The van der Waals surface area contributed by atoms with Crippen molar-refractivity contribution in [2.45, 2.75) is 47.8 Å². The van der Waals surface area contributed by atoms with E-state index < -0.39 is 46.1 Å². The first-order valence-corrected chi connectivity index (χ1v) is 14.5. The van der Waals surface area contributed by atoms with Gasteiger partial charge in [0.15, 0.2) is 0 Å². The second-order valence-electron chi connectivity index (χ2n) is 8.80. The summed E-state index contributed by atoms with van der Waals surface area (Å²) in [5, 5.41) is 5.43. The summed E-state index contributed by atoms with van der Waals surface area (Å²) in [5.41, 5.74) is 4.34. The van der Waals surface area contributed by atoms with Gasteiger partial charge in [-0.2, -0.15) is 0 Å². The number of fused-ring (bicyclic) bond motifs is 3. The molecule has 0 radical (unpaired) electrons. The Bertz CT molecular complexity index is 1150. The summed E-state index contributed by atoms with van der Waals surface area (Å²) >= 11 is 11.5. The zero-order chi connectivity index (χ0) is 28.5. The molecule has 210 valence electrons. The quantitative estimate of drug-likeness (QED) is 0.205. The number of carbonyl (C=O) groups is 4. The lowest BCUT2D eigenvalue weighted by molar-refractivity contribution is -0.150. The van der Waals surface area contributed by atoms with Crippen LogP contribution in [0.3, 0.4) is 0 Å². The molecule has 0 bridgehead atoms. The fourth-order valence-corrected chi connectivity index (χ4v) is 5.76. The number of hydrogen-bond donors (Lipinski definition) is 2. The van der Waals surface area contributed by atoms with Gasteiger partial charge in [0.2, 0.25) is 5.91 Å². The van der Waals surface area contributed by atoms with Crippen molar-refractivity contribution in [3.8, 4) is 11.1 Å². The molecule has 4 rings (SSSR count). The van der Waals surface area contributed by atoms with Crippen molar-refractivity contribution in [1.82, 2.24) is 10.6 Å². The van der Waals surface area contributed by atoms with Crippen LogP contribution in [0.4, 0.5) is 4.79 Å². The lowest BCUT2D eigenvalue weighted by Gasteiger charge is -2.33. The van der Waals surface area contributed by atoms with Crippen LogP contribution in [0.1, 0.15) is 36.8 Å². The SMILES string of the molecule is COC(=O)[C@@H]1CC[C@@H](OC(C)=O)[C@H](I)[C@H](NC(=O)OCC2c3ccccc3-c3ccccc32)C(=O)N1.ClCCl. The number of nitrogens with one attached hydrogen (secondary N) is 2. The van der Waals surface area contributed by atoms with Crippen molar-refractivity contribution >= 4 is 69.7 Å². The standard InChI is InChI=1S/C26H27IN2O7.CH2Cl2/c1-14(30)36-21-12-11-20(25(32)34-2)28-24(31)23(22(21)27)29-26(33)35-13-19-17-9-5-3-7-15(17)16-8-4-6-10-18(16)19;2-1-3/h3-10,19-23H,11-13H2,1-2H3,(H,28,31)(H,29,33);1H2/t20-,21+,22-,23-;/m0./s1. The number of methoxy groups -OCH3 is 1. The van der Waals surface area contributed by atoms with Gasteiger partial charge in [0, 0.05) is 12.8 Å². The third-order valence-electron chi connectivity index (χ3n) is 6.43. The number of esters is 2. The molecule has 4 atom stereocenters. The van der Waals surface area contributed by atoms with Gasteiger partial charge in [0.1, 0.15) is 24.8 Å². The molecule has 2 aromatic rings. The molecular formula is C27H29Cl2IN2O7. The van der Waals surface area contributed by atoms with E-state index in [4.69, 9.17) is 37.4 Å². The van der Waals surface area contributed by atoms with Crippen molar-refractivity contribution in [2.75, 3.05) is 19.1 Å². The molecule has 1 aliphatic carbocycles. The molecule has 1 fully saturated rings. The van der Waals surface area contributed by atoms with E-state index in [1.165, 1.54) is 14.0 Å². The number of alkyl halides is 3. The highest BCUT2D eigenvalue weighted by Gasteiger charge is 2.41. The summed E-state index contributed by atoms with van der Waals surface area (Å²) < 4.78 is 15.2. The molecular weight excluding hydrogens is 662 g/mol. The van der Waals surface area contributed by atoms with Gasteiger partial charge >= 0.3 is 18.0 Å². The Morgan fingerprint density at radius 2 is 1.59 bits per heavy atom. The Morgan fingerprint density at radius 3 is 2.13 bits per heavy atom. The van der Waals surface area contributed by atoms with Gasteiger partial charge in [-0.3, -0.25) is 9.59 Å². The Balaban J connectivity index is 0.00000134. The Kier molecular flexibility index (Phi) is 11.7. The number of benzene rings is 2. The molecule has 2 aromatic carbocycles. The average Bonchev–Trinajstić information content (AvgIpc) is 3.24. The smallest absolute Gasteiger partial charge is 0.407 e. The number of halogens is 3. The molecule has 0 saturated carbocycles. The van der Waals surface area contributed by atoms with E-state index in [0.29, 0.717) is 6.42 Å². The number of ether oxygens (including phenoxy) is 3. The molecule has 2 N–H and O–H groups in total. The van der Waals surface area contributed by atoms with Crippen molar-refractivity contribution in [2.24, 2.45) is 0 Å². The molecule has 2 aliphatic rings. The van der Waals surface area contributed by atoms with Gasteiger partial charge in [-0.1, -0.05) is 71.1 Å². The lowest BCUT2D eigenvalue weighted by Crippen LogP contribution is -2.59. The van der Waals surface area contributed by atoms with Crippen LogP contribution in [-0.2, 0) is 28.6 Å². The van der Waals surface area contributed by atoms with Gasteiger partial charge in [0.05, 0.1) is 16.4 Å². The van der Waals surface area contributed by atoms with Crippen LogP contribution >= 0.6 is 45.8 Å². The maximum absolute atomic E-state index is 13.0. The minimum absolute atomic E-state index is 0.0816. The predicted octanol–water partition coefficient (Wildman–Crippen LogP) is 4.50. The summed E-state index contributed by atoms with van der Waals surface area (Å²) in [5.74, 6) is -1.86. The van der Waals surface area contributed by atoms with Crippen LogP contribution < -0.4 is 10.6 Å². The van der Waals surface area contributed by atoms with Gasteiger partial charge < -0.3 is 24.8 Å². The molecule has 1 saturated heterocycles. The summed E-state index contributed by atoms with van der Waals surface area (Å²) in [4.78, 5) is 49.7. The van der Waals surface area contributed by atoms with Crippen LogP contribution in [0.15, 0.2) is 48.5 Å². The van der Waals surface area contributed by atoms with Crippen molar-refractivity contribution in [3.05, 3.63) is 59.7 Å². The molecule has 12 heteroatoms. The summed E-state index contributed by atoms with van der Waals surface area (Å²) in [6.45, 7) is 1.35. The van der Waals surface area contributed by atoms with E-state index >= 15 is 0 Å². The van der Waals surface area contributed by atoms with E-state index in [9.17, 15) is 19.2 Å². The van der Waals surface area contributed by atoms with Gasteiger partial charge in [-0.05, 0) is 35.1 Å². The highest BCUT2D eigenvalue weighted by Crippen LogP contribution is 2.44. The van der Waals surface area contributed by atoms with Crippen LogP contribution in [0.5, 0.6) is 0 Å². The molecule has 39 heavy (non-hydrogen) atoms. The highest BCUT2D eigenvalue weighted by molar-refractivity contribution is 14.1. The Morgan fingerprint density at radius 1 is 1.03 bits per heavy atom. The van der Waals surface area contributed by atoms with Crippen LogP contribution in [0, 0.1) is 0 Å². The second kappa shape index (κ2) is 14.7. The fourth-order valence-electron chi connectivity index (χ4n) is 4.75. The maximum atomic E-state index is 13.0. The minimum Gasteiger partial charge on any atom is -0.467 e. The fraction of sp³-hybridized carbons (Fsp3) is 0.407. The van der Waals surface area contributed by atoms with Crippen LogP contribution in [-0.4, -0.2) is 65.1 Å². The van der Waals surface area contributed by atoms with Crippen molar-refractivity contribution < 1.29 is 33.4 Å². The highest BCUT2D eigenvalue weighted by atomic mass is 127. The summed E-state index contributed by atoms with van der Waals surface area (Å²) in [6, 6.07) is 13.9. The van der Waals surface area contributed by atoms with Gasteiger partial charge in [0.25, 0.3) is 0 Å². The molecule has 0 unspecified atom stereocenters. The zero-order valence-corrected chi connectivity index (χ0v) is 25.0. The largest absolute Gasteiger partial charge is 0.467 e. The Hall–Kier alpha value is -2.57. The minimum atomic E-state index is -1.10. The maximum Gasteiger partial charge on any atom is 0.407 e. The Labute approximate surface area is 250 Å². The number of hydrogen-bond acceptors (Lipinski definition) is 7. The van der Waals surface area contributed by atoms with E-state index in [-0.39, 0.29) is 24.3 Å². The number of carbonyl (C=O) groups excluding carboxylic acids is 4. The van der Waals surface area contributed by atoms with Crippen LogP contribution in [0.25, 0.3) is 11.1 Å². The normalized spacial score (nSPS) is 21.9. The third kappa shape index (κ3) is 7.76. The topological polar surface area (TPSA) is 120 Å². The number of rotatable bonds is 5. The monoisotopic (exact) mass is 690 g/mol. The molecule has 2 amide bonds. The van der Waals surface area contributed by atoms with E-state index in [2.05, 4.69) is 10.6 Å². The van der Waals surface area contributed by atoms with Crippen LogP contribution in [0.2, 0.25) is 0 Å². The molecule has 1 heterocycles. The van der Waals surface area contributed by atoms with Crippen molar-refractivity contribution in [3.63, 3.8) is 0 Å². The molecule has 0 spiro atoms. The first kappa shape index (κ1) is 31.0. The van der Waals surface area contributed by atoms with E-state index in [1.807, 2.05) is 71.1 Å². The average molecular weight is 691 g/mol. The molecule has 1 aliphatic heterocycles. The third-order valence-corrected chi connectivity index (χ3v) is 7.95. The number of amides is 2. The molecule has 0 aromatic heterocycles. The zero-order valence-electron chi connectivity index (χ0n) is 21.3. The summed E-state index contributed by atoms with van der Waals surface area (Å²) in [7, 11) is 1.23. The van der Waals surface area contributed by atoms with Crippen molar-refractivity contribution in [1.29, 1.82) is 0 Å². The van der Waals surface area contributed by atoms with E-state index in [1.54, 1.807) is 0 Å². The number of alkyl carbamates (subject to hydrolysis) is 1. The lowest BCUT2D eigenvalue weighted by atomic mass is 9.97.